The molecule has 0 bridgehead atoms. The first-order chi connectivity index (χ1) is 13.6. The Kier molecular flexibility index (Phi) is 6.93. The largest absolute Gasteiger partial charge is 0.495 e. The molecule has 152 valence electrons. The molecule has 0 amide bonds. The van der Waals surface area contributed by atoms with Gasteiger partial charge in [-0.05, 0) is 37.0 Å². The molecule has 3 rings (SSSR count). The number of rotatable bonds is 8. The number of methoxy groups -OCH3 is 1. The van der Waals surface area contributed by atoms with Gasteiger partial charge in [-0.3, -0.25) is 0 Å². The van der Waals surface area contributed by atoms with Crippen molar-refractivity contribution in [1.82, 2.24) is 9.97 Å². The molecule has 0 spiro atoms. The van der Waals surface area contributed by atoms with Gasteiger partial charge in [-0.25, -0.2) is 4.98 Å². The zero-order chi connectivity index (χ0) is 20.1. The van der Waals surface area contributed by atoms with Crippen LogP contribution in [0.5, 0.6) is 5.75 Å². The summed E-state index contributed by atoms with van der Waals surface area (Å²) in [7, 11) is 1.58. The van der Waals surface area contributed by atoms with Crippen molar-refractivity contribution in [2.45, 2.75) is 44.9 Å². The molecule has 7 nitrogen and oxygen atoms in total. The van der Waals surface area contributed by atoms with Gasteiger partial charge in [0.25, 0.3) is 0 Å². The van der Waals surface area contributed by atoms with Gasteiger partial charge >= 0.3 is 0 Å². The van der Waals surface area contributed by atoms with E-state index >= 15 is 0 Å². The normalized spacial score (nSPS) is 17.6. The van der Waals surface area contributed by atoms with E-state index < -0.39 is 6.10 Å². The molecule has 1 aromatic heterocycles. The Morgan fingerprint density at radius 2 is 2.25 bits per heavy atom. The van der Waals surface area contributed by atoms with Crippen molar-refractivity contribution in [3.63, 3.8) is 0 Å². The smallest absolute Gasteiger partial charge is 0.227 e. The number of anilines is 2. The van der Waals surface area contributed by atoms with E-state index in [0.717, 1.165) is 24.9 Å². The fourth-order valence-corrected chi connectivity index (χ4v) is 3.70. The second-order valence-corrected chi connectivity index (χ2v) is 7.30. The lowest BCUT2D eigenvalue weighted by molar-refractivity contribution is 0.173. The number of aliphatic hydroxyl groups excluding tert-OH is 2. The van der Waals surface area contributed by atoms with Gasteiger partial charge in [0.2, 0.25) is 5.95 Å². The number of ether oxygens (including phenoxy) is 1. The quantitative estimate of drug-likeness (QED) is 0.620. The van der Waals surface area contributed by atoms with E-state index in [2.05, 4.69) is 15.3 Å². The highest BCUT2D eigenvalue weighted by atomic mass is 35.5. The molecule has 1 aliphatic rings. The number of hydrogen-bond donors (Lipinski definition) is 3. The van der Waals surface area contributed by atoms with E-state index in [0.29, 0.717) is 41.1 Å². The fourth-order valence-electron chi connectivity index (χ4n) is 3.42. The first-order valence-electron chi connectivity index (χ1n) is 9.56. The minimum atomic E-state index is -0.650. The molecule has 3 N–H and O–H groups in total. The Morgan fingerprint density at radius 3 is 2.93 bits per heavy atom. The lowest BCUT2D eigenvalue weighted by Crippen LogP contribution is -2.33. The number of nitrogens with zero attached hydrogens (tertiary/aromatic N) is 3. The number of benzene rings is 1. The molecule has 1 saturated heterocycles. The molecule has 1 aliphatic heterocycles. The van der Waals surface area contributed by atoms with Gasteiger partial charge < -0.3 is 25.2 Å². The van der Waals surface area contributed by atoms with Crippen molar-refractivity contribution in [3.05, 3.63) is 40.5 Å². The van der Waals surface area contributed by atoms with Gasteiger partial charge in [0.15, 0.2) is 0 Å². The summed E-state index contributed by atoms with van der Waals surface area (Å²) in [5.41, 5.74) is 1.63. The molecule has 8 heteroatoms. The maximum absolute atomic E-state index is 10.4. The molecular weight excluding hydrogens is 380 g/mol. The summed E-state index contributed by atoms with van der Waals surface area (Å²) in [6, 6.07) is 5.63. The van der Waals surface area contributed by atoms with Gasteiger partial charge in [-0.1, -0.05) is 24.6 Å². The van der Waals surface area contributed by atoms with Crippen LogP contribution < -0.4 is 15.0 Å². The predicted molar refractivity (Wildman–Crippen MR) is 110 cm³/mol. The summed E-state index contributed by atoms with van der Waals surface area (Å²) in [5.74, 6) is 1.79. The van der Waals surface area contributed by atoms with Crippen LogP contribution in [0, 0.1) is 0 Å². The predicted octanol–water partition coefficient (Wildman–Crippen LogP) is 3.16. The average molecular weight is 407 g/mol. The van der Waals surface area contributed by atoms with Crippen molar-refractivity contribution in [2.24, 2.45) is 0 Å². The van der Waals surface area contributed by atoms with Crippen molar-refractivity contribution in [1.29, 1.82) is 0 Å². The second kappa shape index (κ2) is 9.41. The van der Waals surface area contributed by atoms with Gasteiger partial charge in [0, 0.05) is 24.8 Å². The molecule has 1 fully saturated rings. The SMILES string of the molecule is CC[C@H](O)c1cnc(N2CCC[C@H]2CO)nc1NCc1ccc(OC)c(Cl)c1. The van der Waals surface area contributed by atoms with Crippen LogP contribution in [0.15, 0.2) is 24.4 Å². The third kappa shape index (κ3) is 4.48. The highest BCUT2D eigenvalue weighted by Gasteiger charge is 2.27. The zero-order valence-corrected chi connectivity index (χ0v) is 17.0. The van der Waals surface area contributed by atoms with Gasteiger partial charge in [-0.2, -0.15) is 4.98 Å². The van der Waals surface area contributed by atoms with E-state index in [-0.39, 0.29) is 12.6 Å². The Morgan fingerprint density at radius 1 is 1.43 bits per heavy atom. The standard InChI is InChI=1S/C20H27ClN4O3/c1-3-17(27)15-11-23-20(25-8-4-5-14(25)12-26)24-19(15)22-10-13-6-7-18(28-2)16(21)9-13/h6-7,9,11,14,17,26-27H,3-5,8,10,12H2,1-2H3,(H,22,23,24)/t14-,17-/m0/s1. The number of hydrogen-bond acceptors (Lipinski definition) is 7. The summed E-state index contributed by atoms with van der Waals surface area (Å²) in [6.45, 7) is 3.30. The number of aromatic nitrogens is 2. The van der Waals surface area contributed by atoms with Gasteiger partial charge in [-0.15, -0.1) is 0 Å². The van der Waals surface area contributed by atoms with Crippen LogP contribution >= 0.6 is 11.6 Å². The Hall–Kier alpha value is -2.09. The van der Waals surface area contributed by atoms with Crippen molar-refractivity contribution >= 4 is 23.4 Å². The number of nitrogens with one attached hydrogen (secondary N) is 1. The number of halogens is 1. The molecule has 0 saturated carbocycles. The van der Waals surface area contributed by atoms with Gasteiger partial charge in [0.05, 0.1) is 30.9 Å². The maximum Gasteiger partial charge on any atom is 0.227 e. The Balaban J connectivity index is 1.84. The van der Waals surface area contributed by atoms with Crippen LogP contribution in [-0.4, -0.2) is 46.5 Å². The highest BCUT2D eigenvalue weighted by Crippen LogP contribution is 2.29. The highest BCUT2D eigenvalue weighted by molar-refractivity contribution is 6.32. The third-order valence-electron chi connectivity index (χ3n) is 5.07. The zero-order valence-electron chi connectivity index (χ0n) is 16.2. The monoisotopic (exact) mass is 406 g/mol. The van der Waals surface area contributed by atoms with Crippen LogP contribution in [0.2, 0.25) is 5.02 Å². The first kappa shape index (κ1) is 20.6. The molecule has 2 heterocycles. The molecule has 0 aliphatic carbocycles. The van der Waals surface area contributed by atoms with Crippen molar-refractivity contribution in [3.8, 4) is 5.75 Å². The Labute approximate surface area is 170 Å². The minimum absolute atomic E-state index is 0.0372. The van der Waals surface area contributed by atoms with E-state index in [4.69, 9.17) is 16.3 Å². The van der Waals surface area contributed by atoms with Crippen molar-refractivity contribution < 1.29 is 14.9 Å². The summed E-state index contributed by atoms with van der Waals surface area (Å²) < 4.78 is 5.19. The molecular formula is C20H27ClN4O3. The molecule has 2 atom stereocenters. The van der Waals surface area contributed by atoms with Crippen LogP contribution in [0.1, 0.15) is 43.4 Å². The second-order valence-electron chi connectivity index (χ2n) is 6.89. The lowest BCUT2D eigenvalue weighted by Gasteiger charge is -2.24. The molecule has 28 heavy (non-hydrogen) atoms. The van der Waals surface area contributed by atoms with Crippen LogP contribution in [0.4, 0.5) is 11.8 Å². The Bertz CT molecular complexity index is 805. The fraction of sp³-hybridized carbons (Fsp3) is 0.500. The molecule has 1 aromatic carbocycles. The van der Waals surface area contributed by atoms with E-state index in [1.807, 2.05) is 30.0 Å². The lowest BCUT2D eigenvalue weighted by atomic mass is 10.1. The summed E-state index contributed by atoms with van der Waals surface area (Å²) in [5, 5.41) is 23.8. The van der Waals surface area contributed by atoms with Gasteiger partial charge in [0.1, 0.15) is 11.6 Å². The maximum atomic E-state index is 10.4. The number of aliphatic hydroxyl groups is 2. The minimum Gasteiger partial charge on any atom is -0.495 e. The average Bonchev–Trinajstić information content (AvgIpc) is 3.20. The molecule has 2 aromatic rings. The van der Waals surface area contributed by atoms with Crippen LogP contribution in [0.3, 0.4) is 0 Å². The summed E-state index contributed by atoms with van der Waals surface area (Å²) in [4.78, 5) is 11.1. The van der Waals surface area contributed by atoms with Crippen LogP contribution in [0.25, 0.3) is 0 Å². The molecule has 0 unspecified atom stereocenters. The molecule has 0 radical (unpaired) electrons. The van der Waals surface area contributed by atoms with E-state index in [9.17, 15) is 10.2 Å². The third-order valence-corrected chi connectivity index (χ3v) is 5.37. The van der Waals surface area contributed by atoms with Crippen molar-refractivity contribution in [2.75, 3.05) is 30.5 Å². The summed E-state index contributed by atoms with van der Waals surface area (Å²) >= 11 is 6.21. The summed E-state index contributed by atoms with van der Waals surface area (Å²) in [6.07, 6.45) is 3.51. The van der Waals surface area contributed by atoms with E-state index in [1.165, 1.54) is 0 Å². The first-order valence-corrected chi connectivity index (χ1v) is 9.94. The van der Waals surface area contributed by atoms with Crippen LogP contribution in [-0.2, 0) is 6.54 Å². The van der Waals surface area contributed by atoms with E-state index in [1.54, 1.807) is 13.3 Å². The topological polar surface area (TPSA) is 90.7 Å².